The number of carbonyl (C=O) groups excluding carboxylic acids is 1. The van der Waals surface area contributed by atoms with Gasteiger partial charge in [0, 0.05) is 19.0 Å². The Morgan fingerprint density at radius 3 is 3.15 bits per heavy atom. The molecule has 0 bridgehead atoms. The minimum atomic E-state index is 0.181. The van der Waals surface area contributed by atoms with Crippen LogP contribution in [0.5, 0.6) is 0 Å². The van der Waals surface area contributed by atoms with Crippen LogP contribution in [0.4, 0.5) is 0 Å². The van der Waals surface area contributed by atoms with Crippen LogP contribution < -0.4 is 10.6 Å². The average molecular weight is 202 g/mol. The maximum atomic E-state index is 10.8. The molecule has 0 radical (unpaired) electrons. The van der Waals surface area contributed by atoms with Gasteiger partial charge in [-0.3, -0.25) is 4.79 Å². The molecule has 1 aliphatic heterocycles. The summed E-state index contributed by atoms with van der Waals surface area (Å²) in [6.07, 6.45) is 1.85. The minimum absolute atomic E-state index is 0.181. The van der Waals surface area contributed by atoms with Gasteiger partial charge in [-0.05, 0) is 24.5 Å². The third-order valence-electron chi connectivity index (χ3n) is 2.08. The van der Waals surface area contributed by atoms with Crippen molar-refractivity contribution in [2.24, 2.45) is 0 Å². The molecule has 1 rings (SSSR count). The van der Waals surface area contributed by atoms with E-state index in [1.165, 1.54) is 17.9 Å². The Hall–Kier alpha value is -0.220. The summed E-state index contributed by atoms with van der Waals surface area (Å²) in [5, 5.41) is 6.19. The largest absolute Gasteiger partial charge is 0.354 e. The van der Waals surface area contributed by atoms with Crippen molar-refractivity contribution in [3.8, 4) is 0 Å². The zero-order chi connectivity index (χ0) is 9.52. The second-order valence-electron chi connectivity index (χ2n) is 3.21. The molecule has 2 N–H and O–H groups in total. The maximum absolute atomic E-state index is 10.8. The van der Waals surface area contributed by atoms with Gasteiger partial charge in [0.05, 0.1) is 0 Å². The number of hydrogen-bond donors (Lipinski definition) is 2. The topological polar surface area (TPSA) is 41.1 Å². The SMILES string of the molecule is CCSCCCNC1CNC(=O)C1. The normalized spacial score (nSPS) is 21.9. The third kappa shape index (κ3) is 4.52. The molecular formula is C9H18N2OS. The molecule has 0 aromatic heterocycles. The van der Waals surface area contributed by atoms with Gasteiger partial charge in [0.15, 0.2) is 0 Å². The van der Waals surface area contributed by atoms with Crippen molar-refractivity contribution in [2.75, 3.05) is 24.6 Å². The van der Waals surface area contributed by atoms with Crippen molar-refractivity contribution in [1.29, 1.82) is 0 Å². The standard InChI is InChI=1S/C9H18N2OS/c1-2-13-5-3-4-10-8-6-9(12)11-7-8/h8,10H,2-7H2,1H3,(H,11,12). The molecule has 3 nitrogen and oxygen atoms in total. The molecular weight excluding hydrogens is 184 g/mol. The molecule has 1 unspecified atom stereocenters. The smallest absolute Gasteiger partial charge is 0.221 e. The van der Waals surface area contributed by atoms with Gasteiger partial charge in [0.2, 0.25) is 5.91 Å². The monoisotopic (exact) mass is 202 g/mol. The Kier molecular flexibility index (Phi) is 5.23. The van der Waals surface area contributed by atoms with E-state index in [4.69, 9.17) is 0 Å². The Morgan fingerprint density at radius 2 is 2.54 bits per heavy atom. The van der Waals surface area contributed by atoms with Crippen LogP contribution in [0.25, 0.3) is 0 Å². The van der Waals surface area contributed by atoms with Crippen molar-refractivity contribution < 1.29 is 4.79 Å². The van der Waals surface area contributed by atoms with Gasteiger partial charge in [-0.25, -0.2) is 0 Å². The van der Waals surface area contributed by atoms with Gasteiger partial charge in [-0.2, -0.15) is 11.8 Å². The summed E-state index contributed by atoms with van der Waals surface area (Å²) in [6, 6.07) is 0.374. The molecule has 0 aliphatic carbocycles. The summed E-state index contributed by atoms with van der Waals surface area (Å²) in [6.45, 7) is 4.02. The predicted molar refractivity (Wildman–Crippen MR) is 57.0 cm³/mol. The van der Waals surface area contributed by atoms with Crippen molar-refractivity contribution in [2.45, 2.75) is 25.8 Å². The van der Waals surface area contributed by atoms with E-state index in [9.17, 15) is 4.79 Å². The zero-order valence-corrected chi connectivity index (χ0v) is 8.95. The minimum Gasteiger partial charge on any atom is -0.354 e. The zero-order valence-electron chi connectivity index (χ0n) is 8.14. The van der Waals surface area contributed by atoms with Crippen LogP contribution in [-0.2, 0) is 4.79 Å². The van der Waals surface area contributed by atoms with E-state index < -0.39 is 0 Å². The Bertz CT molecular complexity index is 164. The lowest BCUT2D eigenvalue weighted by atomic mass is 10.2. The van der Waals surface area contributed by atoms with Gasteiger partial charge in [-0.1, -0.05) is 6.92 Å². The van der Waals surface area contributed by atoms with Gasteiger partial charge in [-0.15, -0.1) is 0 Å². The summed E-state index contributed by atoms with van der Waals surface area (Å²) in [7, 11) is 0. The molecule has 0 saturated carbocycles. The highest BCUT2D eigenvalue weighted by atomic mass is 32.2. The van der Waals surface area contributed by atoms with Crippen LogP contribution in [0.1, 0.15) is 19.8 Å². The lowest BCUT2D eigenvalue weighted by Gasteiger charge is -2.09. The predicted octanol–water partition coefficient (Wildman–Crippen LogP) is 0.608. The van der Waals surface area contributed by atoms with Gasteiger partial charge < -0.3 is 10.6 Å². The fourth-order valence-corrected chi connectivity index (χ4v) is 2.01. The summed E-state index contributed by atoms with van der Waals surface area (Å²) >= 11 is 1.97. The summed E-state index contributed by atoms with van der Waals surface area (Å²) in [5.74, 6) is 2.60. The first-order valence-electron chi connectivity index (χ1n) is 4.90. The second-order valence-corrected chi connectivity index (χ2v) is 4.60. The van der Waals surface area contributed by atoms with Gasteiger partial charge in [0.1, 0.15) is 0 Å². The fourth-order valence-electron chi connectivity index (χ4n) is 1.37. The quantitative estimate of drug-likeness (QED) is 0.620. The molecule has 0 aromatic rings. The number of thioether (sulfide) groups is 1. The van der Waals surface area contributed by atoms with Gasteiger partial charge in [0.25, 0.3) is 0 Å². The number of rotatable bonds is 6. The molecule has 1 amide bonds. The summed E-state index contributed by atoms with van der Waals surface area (Å²) in [5.41, 5.74) is 0. The van der Waals surface area contributed by atoms with E-state index in [1.807, 2.05) is 11.8 Å². The van der Waals surface area contributed by atoms with Gasteiger partial charge >= 0.3 is 0 Å². The first-order valence-corrected chi connectivity index (χ1v) is 6.06. The highest BCUT2D eigenvalue weighted by Gasteiger charge is 2.19. The summed E-state index contributed by atoms with van der Waals surface area (Å²) < 4.78 is 0. The molecule has 1 aliphatic rings. The number of nitrogens with one attached hydrogen (secondary N) is 2. The van der Waals surface area contributed by atoms with Crippen LogP contribution in [-0.4, -0.2) is 36.5 Å². The first-order chi connectivity index (χ1) is 6.33. The molecule has 76 valence electrons. The van der Waals surface area contributed by atoms with Crippen molar-refractivity contribution in [3.63, 3.8) is 0 Å². The first kappa shape index (κ1) is 10.9. The molecule has 1 saturated heterocycles. The molecule has 4 heteroatoms. The number of carbonyl (C=O) groups is 1. The lowest BCUT2D eigenvalue weighted by Crippen LogP contribution is -2.31. The number of hydrogen-bond acceptors (Lipinski definition) is 3. The van der Waals surface area contributed by atoms with Crippen LogP contribution in [0.15, 0.2) is 0 Å². The molecule has 1 fully saturated rings. The Morgan fingerprint density at radius 1 is 1.69 bits per heavy atom. The lowest BCUT2D eigenvalue weighted by molar-refractivity contribution is -0.119. The highest BCUT2D eigenvalue weighted by Crippen LogP contribution is 2.02. The van der Waals surface area contributed by atoms with E-state index in [1.54, 1.807) is 0 Å². The van der Waals surface area contributed by atoms with E-state index in [2.05, 4.69) is 17.6 Å². The van der Waals surface area contributed by atoms with Crippen molar-refractivity contribution >= 4 is 17.7 Å². The fraction of sp³-hybridized carbons (Fsp3) is 0.889. The Balaban J connectivity index is 1.91. The molecule has 0 aromatic carbocycles. The molecule has 1 heterocycles. The number of amides is 1. The van der Waals surface area contributed by atoms with Crippen molar-refractivity contribution in [1.82, 2.24) is 10.6 Å². The van der Waals surface area contributed by atoms with E-state index in [0.717, 1.165) is 13.1 Å². The van der Waals surface area contributed by atoms with Crippen LogP contribution in [0.2, 0.25) is 0 Å². The molecule has 13 heavy (non-hydrogen) atoms. The molecule has 1 atom stereocenters. The highest BCUT2D eigenvalue weighted by molar-refractivity contribution is 7.99. The van der Waals surface area contributed by atoms with Crippen LogP contribution >= 0.6 is 11.8 Å². The molecule has 0 spiro atoms. The van der Waals surface area contributed by atoms with E-state index >= 15 is 0 Å². The second kappa shape index (κ2) is 6.27. The Labute approximate surface area is 84.0 Å². The average Bonchev–Trinajstić information content (AvgIpc) is 2.51. The third-order valence-corrected chi connectivity index (χ3v) is 3.07. The summed E-state index contributed by atoms with van der Waals surface area (Å²) in [4.78, 5) is 10.8. The van der Waals surface area contributed by atoms with Crippen molar-refractivity contribution in [3.05, 3.63) is 0 Å². The van der Waals surface area contributed by atoms with E-state index in [0.29, 0.717) is 12.5 Å². The van der Waals surface area contributed by atoms with E-state index in [-0.39, 0.29) is 5.91 Å². The van der Waals surface area contributed by atoms with Crippen LogP contribution in [0.3, 0.4) is 0 Å². The maximum Gasteiger partial charge on any atom is 0.221 e. The van der Waals surface area contributed by atoms with Crippen LogP contribution in [0, 0.1) is 0 Å².